The lowest BCUT2D eigenvalue weighted by molar-refractivity contribution is -0.180. The van der Waals surface area contributed by atoms with Gasteiger partial charge in [-0.05, 0) is 89.4 Å². The topological polar surface area (TPSA) is 122 Å². The van der Waals surface area contributed by atoms with Gasteiger partial charge in [0, 0.05) is 12.0 Å². The van der Waals surface area contributed by atoms with Crippen LogP contribution in [0, 0.1) is 29.1 Å². The lowest BCUT2D eigenvalue weighted by atomic mass is 9.46. The third-order valence-corrected chi connectivity index (χ3v) is 8.32. The fraction of sp³-hybridized carbons (Fsp3) is 0.870. The summed E-state index contributed by atoms with van der Waals surface area (Å²) in [4.78, 5) is 40.5. The van der Waals surface area contributed by atoms with Crippen molar-refractivity contribution in [3.05, 3.63) is 0 Å². The summed E-state index contributed by atoms with van der Waals surface area (Å²) in [5.74, 6) is 0.473. The molecule has 0 aromatic rings. The summed E-state index contributed by atoms with van der Waals surface area (Å²) in [7, 11) is 0. The second-order valence-corrected chi connectivity index (χ2v) is 12.1. The van der Waals surface area contributed by atoms with E-state index in [0.29, 0.717) is 30.7 Å². The molecule has 5 saturated carbocycles. The molecule has 8 heteroatoms. The summed E-state index contributed by atoms with van der Waals surface area (Å²) >= 11 is 0. The molecule has 8 nitrogen and oxygen atoms in total. The number of carbonyl (C=O) groups excluding carboxylic acids is 3. The van der Waals surface area contributed by atoms with Crippen LogP contribution in [0.1, 0.15) is 65.7 Å². The van der Waals surface area contributed by atoms with E-state index in [4.69, 9.17) is 10.5 Å². The van der Waals surface area contributed by atoms with E-state index in [1.807, 2.05) is 0 Å². The minimum Gasteiger partial charge on any atom is -0.444 e. The lowest BCUT2D eigenvalue weighted by Gasteiger charge is -2.62. The molecule has 0 radical (unpaired) electrons. The molecule has 6 fully saturated rings. The highest BCUT2D eigenvalue weighted by Gasteiger charge is 2.64. The van der Waals surface area contributed by atoms with E-state index in [1.165, 1.54) is 0 Å². The summed E-state index contributed by atoms with van der Waals surface area (Å²) in [5.41, 5.74) is 3.70. The van der Waals surface area contributed by atoms with Crippen molar-refractivity contribution in [2.75, 3.05) is 6.54 Å². The van der Waals surface area contributed by atoms with Crippen LogP contribution < -0.4 is 11.1 Å². The number of likely N-dealkylation sites (tertiary alicyclic amines) is 1. The fourth-order valence-electron chi connectivity index (χ4n) is 7.75. The molecule has 6 unspecified atom stereocenters. The summed E-state index contributed by atoms with van der Waals surface area (Å²) in [6.07, 6.45) is 5.04. The van der Waals surface area contributed by atoms with Gasteiger partial charge in [-0.2, -0.15) is 0 Å². The Kier molecular flexibility index (Phi) is 4.47. The minimum absolute atomic E-state index is 0.143. The van der Waals surface area contributed by atoms with Crippen LogP contribution in [0.5, 0.6) is 0 Å². The van der Waals surface area contributed by atoms with Crippen LogP contribution in [0.2, 0.25) is 0 Å². The van der Waals surface area contributed by atoms with Crippen LogP contribution in [-0.4, -0.2) is 57.7 Å². The molecule has 0 aromatic heterocycles. The third-order valence-electron chi connectivity index (χ3n) is 8.32. The number of hydrogen-bond donors (Lipinski definition) is 3. The van der Waals surface area contributed by atoms with E-state index in [9.17, 15) is 19.5 Å². The number of primary amides is 1. The third kappa shape index (κ3) is 3.60. The smallest absolute Gasteiger partial charge is 0.408 e. The van der Waals surface area contributed by atoms with Crippen molar-refractivity contribution in [3.8, 4) is 0 Å². The van der Waals surface area contributed by atoms with Crippen molar-refractivity contribution in [2.24, 2.45) is 34.8 Å². The Morgan fingerprint density at radius 2 is 1.77 bits per heavy atom. The first-order valence-corrected chi connectivity index (χ1v) is 11.7. The molecule has 1 heterocycles. The summed E-state index contributed by atoms with van der Waals surface area (Å²) in [5, 5.41) is 14.1. The van der Waals surface area contributed by atoms with E-state index in [-0.39, 0.29) is 11.8 Å². The summed E-state index contributed by atoms with van der Waals surface area (Å²) in [6.45, 7) is 5.87. The summed E-state index contributed by atoms with van der Waals surface area (Å²) in [6, 6.07) is -1.42. The minimum atomic E-state index is -0.820. The largest absolute Gasteiger partial charge is 0.444 e. The normalized spacial score (nSPS) is 43.4. The van der Waals surface area contributed by atoms with Crippen molar-refractivity contribution in [1.29, 1.82) is 0 Å². The summed E-state index contributed by atoms with van der Waals surface area (Å²) < 4.78 is 5.50. The SMILES string of the molecule is CC(C)(C)OC(=O)NC(C(=O)N1CC2CC2C1C(N)=O)C12CC3CC(CC(O)(C3)C1)C2. The Morgan fingerprint density at radius 1 is 1.13 bits per heavy atom. The average molecular weight is 434 g/mol. The predicted molar refractivity (Wildman–Crippen MR) is 112 cm³/mol. The molecule has 4 bridgehead atoms. The molecule has 1 saturated heterocycles. The second-order valence-electron chi connectivity index (χ2n) is 12.1. The molecule has 0 spiro atoms. The van der Waals surface area contributed by atoms with Gasteiger partial charge in [-0.25, -0.2) is 4.79 Å². The van der Waals surface area contributed by atoms with Gasteiger partial charge in [0.05, 0.1) is 5.60 Å². The van der Waals surface area contributed by atoms with Crippen LogP contribution in [0.15, 0.2) is 0 Å². The zero-order valence-electron chi connectivity index (χ0n) is 18.7. The number of nitrogens with zero attached hydrogens (tertiary/aromatic N) is 1. The van der Waals surface area contributed by atoms with Crippen LogP contribution in [-0.2, 0) is 14.3 Å². The zero-order chi connectivity index (χ0) is 22.3. The number of aliphatic hydroxyl groups is 1. The predicted octanol–water partition coefficient (Wildman–Crippen LogP) is 1.54. The number of hydrogen-bond acceptors (Lipinski definition) is 5. The Morgan fingerprint density at radius 3 is 2.32 bits per heavy atom. The molecule has 6 aliphatic rings. The highest BCUT2D eigenvalue weighted by Crippen LogP contribution is 2.63. The molecule has 5 aliphatic carbocycles. The van der Waals surface area contributed by atoms with Crippen molar-refractivity contribution >= 4 is 17.9 Å². The van der Waals surface area contributed by atoms with Crippen LogP contribution in [0.4, 0.5) is 4.79 Å². The number of nitrogens with two attached hydrogens (primary N) is 1. The standard InChI is InChI=1S/C23H35N3O5/c1-21(2,3)31-20(29)25-17(19(28)26-10-14-5-15(14)16(26)18(24)27)22-6-12-4-13(7-22)9-23(30,8-12)11-22/h12-17,30H,4-11H2,1-3H3,(H2,24,27)(H,25,29). The Hall–Kier alpha value is -1.83. The monoisotopic (exact) mass is 433 g/mol. The highest BCUT2D eigenvalue weighted by molar-refractivity contribution is 5.92. The molecule has 3 amide bonds. The van der Waals surface area contributed by atoms with Crippen molar-refractivity contribution in [1.82, 2.24) is 10.2 Å². The molecular formula is C23H35N3O5. The maximum absolute atomic E-state index is 13.9. The van der Waals surface area contributed by atoms with Gasteiger partial charge >= 0.3 is 6.09 Å². The lowest BCUT2D eigenvalue weighted by Crippen LogP contribution is -2.67. The van der Waals surface area contributed by atoms with Gasteiger partial charge < -0.3 is 25.8 Å². The first kappa shape index (κ1) is 21.0. The van der Waals surface area contributed by atoms with E-state index in [2.05, 4.69) is 5.32 Å². The van der Waals surface area contributed by atoms with Crippen molar-refractivity contribution in [3.63, 3.8) is 0 Å². The van der Waals surface area contributed by atoms with Gasteiger partial charge in [-0.1, -0.05) is 0 Å². The molecule has 4 N–H and O–H groups in total. The van der Waals surface area contributed by atoms with Gasteiger partial charge in [-0.3, -0.25) is 9.59 Å². The molecule has 1 aliphatic heterocycles. The first-order chi connectivity index (χ1) is 14.4. The van der Waals surface area contributed by atoms with Crippen molar-refractivity contribution in [2.45, 2.75) is 89.0 Å². The van der Waals surface area contributed by atoms with Crippen molar-refractivity contribution < 1.29 is 24.2 Å². The van der Waals surface area contributed by atoms with Crippen LogP contribution >= 0.6 is 0 Å². The van der Waals surface area contributed by atoms with E-state index in [1.54, 1.807) is 25.7 Å². The average Bonchev–Trinajstić information content (AvgIpc) is 3.24. The Balaban J connectivity index is 1.46. The van der Waals surface area contributed by atoms with E-state index >= 15 is 0 Å². The van der Waals surface area contributed by atoms with Gasteiger partial charge in [0.2, 0.25) is 11.8 Å². The number of piperidine rings is 1. The van der Waals surface area contributed by atoms with E-state index < -0.39 is 40.7 Å². The van der Waals surface area contributed by atoms with Gasteiger partial charge in [-0.15, -0.1) is 0 Å². The molecule has 6 rings (SSSR count). The molecule has 31 heavy (non-hydrogen) atoms. The Bertz CT molecular complexity index is 807. The number of rotatable bonds is 4. The van der Waals surface area contributed by atoms with Crippen LogP contribution in [0.25, 0.3) is 0 Å². The number of alkyl carbamates (subject to hydrolysis) is 1. The highest BCUT2D eigenvalue weighted by atomic mass is 16.6. The van der Waals surface area contributed by atoms with Gasteiger partial charge in [0.15, 0.2) is 0 Å². The second kappa shape index (κ2) is 6.59. The number of ether oxygens (including phenoxy) is 1. The van der Waals surface area contributed by atoms with Gasteiger partial charge in [0.1, 0.15) is 17.7 Å². The zero-order valence-corrected chi connectivity index (χ0v) is 18.7. The number of carbonyl (C=O) groups is 3. The molecule has 6 atom stereocenters. The van der Waals surface area contributed by atoms with E-state index in [0.717, 1.165) is 38.5 Å². The number of fused-ring (bicyclic) bond motifs is 1. The molecular weight excluding hydrogens is 398 g/mol. The molecule has 0 aromatic carbocycles. The maximum Gasteiger partial charge on any atom is 0.408 e. The number of amides is 3. The fourth-order valence-corrected chi connectivity index (χ4v) is 7.75. The van der Waals surface area contributed by atoms with Crippen LogP contribution in [0.3, 0.4) is 0 Å². The number of nitrogens with one attached hydrogen (secondary N) is 1. The first-order valence-electron chi connectivity index (χ1n) is 11.7. The molecule has 172 valence electrons. The maximum atomic E-state index is 13.9. The van der Waals surface area contributed by atoms with Gasteiger partial charge in [0.25, 0.3) is 0 Å². The Labute approximate surface area is 183 Å². The quantitative estimate of drug-likeness (QED) is 0.621.